The number of hydrogen-bond acceptors (Lipinski definition) is 3. The molecule has 2 rings (SSSR count). The van der Waals surface area contributed by atoms with Gasteiger partial charge < -0.3 is 4.74 Å². The number of nitrogens with one attached hydrogen (secondary N) is 2. The second kappa shape index (κ2) is 7.21. The predicted molar refractivity (Wildman–Crippen MR) is 79.2 cm³/mol. The van der Waals surface area contributed by atoms with Crippen LogP contribution in [0.25, 0.3) is 5.70 Å². The van der Waals surface area contributed by atoms with E-state index < -0.39 is 6.61 Å². The number of alkyl halides is 2. The van der Waals surface area contributed by atoms with Crippen LogP contribution in [0.4, 0.5) is 8.78 Å². The zero-order valence-corrected chi connectivity index (χ0v) is 11.6. The number of hydrogen-bond donors (Lipinski definition) is 2. The van der Waals surface area contributed by atoms with Crippen LogP contribution in [0, 0.1) is 0 Å². The Bertz CT molecular complexity index is 643. The molecule has 0 unspecified atom stereocenters. The molecule has 4 nitrogen and oxygen atoms in total. The van der Waals surface area contributed by atoms with Crippen LogP contribution in [0.2, 0.25) is 0 Å². The van der Waals surface area contributed by atoms with E-state index in [-0.39, 0.29) is 11.7 Å². The quantitative estimate of drug-likeness (QED) is 0.806. The summed E-state index contributed by atoms with van der Waals surface area (Å²) < 4.78 is 28.4. The molecule has 2 N–H and O–H groups in total. The van der Waals surface area contributed by atoms with Crippen LogP contribution < -0.4 is 15.6 Å². The van der Waals surface area contributed by atoms with Gasteiger partial charge in [-0.3, -0.25) is 15.6 Å². The van der Waals surface area contributed by atoms with Crippen molar-refractivity contribution in [3.05, 3.63) is 72.3 Å². The van der Waals surface area contributed by atoms with Gasteiger partial charge in [-0.05, 0) is 42.0 Å². The molecule has 0 bridgehead atoms. The number of ether oxygens (including phenoxy) is 1. The number of carbonyl (C=O) groups excluding carboxylic acids is 1. The van der Waals surface area contributed by atoms with Crippen molar-refractivity contribution in [3.63, 3.8) is 0 Å². The highest BCUT2D eigenvalue weighted by atomic mass is 19.3. The maximum atomic E-state index is 12.1. The molecule has 0 atom stereocenters. The van der Waals surface area contributed by atoms with Crippen LogP contribution in [-0.4, -0.2) is 12.5 Å². The largest absolute Gasteiger partial charge is 0.435 e. The highest BCUT2D eigenvalue weighted by Crippen LogP contribution is 2.17. The average molecular weight is 304 g/mol. The van der Waals surface area contributed by atoms with Crippen LogP contribution in [0.3, 0.4) is 0 Å². The molecule has 0 spiro atoms. The van der Waals surface area contributed by atoms with Gasteiger partial charge in [0, 0.05) is 5.56 Å². The van der Waals surface area contributed by atoms with E-state index in [1.807, 2.05) is 6.07 Å². The highest BCUT2D eigenvalue weighted by molar-refractivity contribution is 5.94. The standard InChI is InChI=1S/C16H14F2N2O2/c1-11(12-7-9-14(10-8-12)22-16(17)18)19-20-15(21)13-5-3-2-4-6-13/h2-10,16,19H,1H2,(H,20,21). The Morgan fingerprint density at radius 3 is 2.18 bits per heavy atom. The lowest BCUT2D eigenvalue weighted by Crippen LogP contribution is -2.35. The summed E-state index contributed by atoms with van der Waals surface area (Å²) in [7, 11) is 0. The fourth-order valence-electron chi connectivity index (χ4n) is 1.70. The molecule has 0 saturated heterocycles. The van der Waals surface area contributed by atoms with Crippen molar-refractivity contribution in [1.82, 2.24) is 10.9 Å². The number of rotatable bonds is 6. The topological polar surface area (TPSA) is 50.4 Å². The first-order valence-corrected chi connectivity index (χ1v) is 6.42. The third kappa shape index (κ3) is 4.31. The highest BCUT2D eigenvalue weighted by Gasteiger charge is 2.06. The van der Waals surface area contributed by atoms with Crippen molar-refractivity contribution < 1.29 is 18.3 Å². The van der Waals surface area contributed by atoms with Gasteiger partial charge in [0.1, 0.15) is 5.75 Å². The number of hydrazine groups is 1. The Morgan fingerprint density at radius 2 is 1.59 bits per heavy atom. The lowest BCUT2D eigenvalue weighted by atomic mass is 10.2. The Labute approximate surface area is 126 Å². The van der Waals surface area contributed by atoms with Gasteiger partial charge in [-0.2, -0.15) is 8.78 Å². The summed E-state index contributed by atoms with van der Waals surface area (Å²) >= 11 is 0. The number of carbonyl (C=O) groups is 1. The normalized spacial score (nSPS) is 10.1. The molecule has 0 aliphatic rings. The Hall–Kier alpha value is -2.89. The minimum atomic E-state index is -2.86. The third-order valence-electron chi connectivity index (χ3n) is 2.79. The fourth-order valence-corrected chi connectivity index (χ4v) is 1.70. The molecule has 0 heterocycles. The minimum absolute atomic E-state index is 0.0554. The van der Waals surface area contributed by atoms with Gasteiger partial charge in [0.25, 0.3) is 5.91 Å². The van der Waals surface area contributed by atoms with E-state index in [1.54, 1.807) is 36.4 Å². The summed E-state index contributed by atoms with van der Waals surface area (Å²) in [5.74, 6) is -0.251. The Balaban J connectivity index is 1.91. The third-order valence-corrected chi connectivity index (χ3v) is 2.79. The van der Waals surface area contributed by atoms with E-state index in [4.69, 9.17) is 0 Å². The molecule has 114 valence electrons. The number of amides is 1. The van der Waals surface area contributed by atoms with E-state index in [2.05, 4.69) is 22.2 Å². The van der Waals surface area contributed by atoms with E-state index >= 15 is 0 Å². The van der Waals surface area contributed by atoms with Gasteiger partial charge in [0.15, 0.2) is 0 Å². The molecule has 0 radical (unpaired) electrons. The fraction of sp³-hybridized carbons (Fsp3) is 0.0625. The number of benzene rings is 2. The summed E-state index contributed by atoms with van der Waals surface area (Å²) in [6.07, 6.45) is 0. The molecule has 0 aliphatic heterocycles. The smallest absolute Gasteiger partial charge is 0.387 e. The summed E-state index contributed by atoms with van der Waals surface area (Å²) in [6.45, 7) is 0.903. The van der Waals surface area contributed by atoms with Crippen molar-refractivity contribution in [2.75, 3.05) is 0 Å². The Kier molecular flexibility index (Phi) is 5.08. The monoisotopic (exact) mass is 304 g/mol. The van der Waals surface area contributed by atoms with Crippen molar-refractivity contribution in [1.29, 1.82) is 0 Å². The van der Waals surface area contributed by atoms with Gasteiger partial charge in [-0.25, -0.2) is 0 Å². The van der Waals surface area contributed by atoms with E-state index in [0.29, 0.717) is 16.8 Å². The first-order valence-electron chi connectivity index (χ1n) is 6.42. The summed E-state index contributed by atoms with van der Waals surface area (Å²) in [6, 6.07) is 14.6. The van der Waals surface area contributed by atoms with Crippen LogP contribution >= 0.6 is 0 Å². The second-order valence-electron chi connectivity index (χ2n) is 4.33. The average Bonchev–Trinajstić information content (AvgIpc) is 2.53. The molecular weight excluding hydrogens is 290 g/mol. The van der Waals surface area contributed by atoms with Gasteiger partial charge in [0.2, 0.25) is 0 Å². The molecule has 0 aliphatic carbocycles. The molecule has 2 aromatic carbocycles. The lowest BCUT2D eigenvalue weighted by Gasteiger charge is -2.12. The molecule has 22 heavy (non-hydrogen) atoms. The molecule has 0 fully saturated rings. The van der Waals surface area contributed by atoms with E-state index in [1.165, 1.54) is 12.1 Å². The lowest BCUT2D eigenvalue weighted by molar-refractivity contribution is -0.0498. The summed E-state index contributed by atoms with van der Waals surface area (Å²) in [4.78, 5) is 11.8. The zero-order valence-electron chi connectivity index (χ0n) is 11.6. The van der Waals surface area contributed by atoms with Crippen LogP contribution in [0.1, 0.15) is 15.9 Å². The number of halogens is 2. The maximum Gasteiger partial charge on any atom is 0.387 e. The van der Waals surface area contributed by atoms with Gasteiger partial charge >= 0.3 is 6.61 Å². The molecule has 6 heteroatoms. The van der Waals surface area contributed by atoms with Crippen LogP contribution in [0.15, 0.2) is 61.2 Å². The molecule has 1 amide bonds. The summed E-state index contributed by atoms with van der Waals surface area (Å²) in [5.41, 5.74) is 6.74. The van der Waals surface area contributed by atoms with Crippen molar-refractivity contribution in [2.24, 2.45) is 0 Å². The molecule has 0 saturated carbocycles. The van der Waals surface area contributed by atoms with E-state index in [0.717, 1.165) is 0 Å². The molecule has 2 aromatic rings. The van der Waals surface area contributed by atoms with Gasteiger partial charge in [-0.15, -0.1) is 0 Å². The van der Waals surface area contributed by atoms with Crippen LogP contribution in [0.5, 0.6) is 5.75 Å². The molecule has 0 aromatic heterocycles. The predicted octanol–water partition coefficient (Wildman–Crippen LogP) is 3.19. The van der Waals surface area contributed by atoms with Gasteiger partial charge in [-0.1, -0.05) is 24.8 Å². The Morgan fingerprint density at radius 1 is 0.955 bits per heavy atom. The van der Waals surface area contributed by atoms with Crippen LogP contribution in [-0.2, 0) is 0 Å². The SMILES string of the molecule is C=C(NNC(=O)c1ccccc1)c1ccc(OC(F)F)cc1. The van der Waals surface area contributed by atoms with Crippen molar-refractivity contribution >= 4 is 11.6 Å². The maximum absolute atomic E-state index is 12.1. The van der Waals surface area contributed by atoms with E-state index in [9.17, 15) is 13.6 Å². The summed E-state index contributed by atoms with van der Waals surface area (Å²) in [5, 5.41) is 0. The van der Waals surface area contributed by atoms with Crippen molar-refractivity contribution in [3.8, 4) is 5.75 Å². The first kappa shape index (κ1) is 15.5. The molecular formula is C16H14F2N2O2. The zero-order chi connectivity index (χ0) is 15.9. The second-order valence-corrected chi connectivity index (χ2v) is 4.33. The van der Waals surface area contributed by atoms with Gasteiger partial charge in [0.05, 0.1) is 5.70 Å². The minimum Gasteiger partial charge on any atom is -0.435 e. The first-order chi connectivity index (χ1) is 10.6. The van der Waals surface area contributed by atoms with Crippen molar-refractivity contribution in [2.45, 2.75) is 6.61 Å².